The summed E-state index contributed by atoms with van der Waals surface area (Å²) in [6, 6.07) is 5.02. The van der Waals surface area contributed by atoms with Crippen molar-refractivity contribution in [2.45, 2.75) is 33.0 Å². The van der Waals surface area contributed by atoms with Crippen molar-refractivity contribution in [3.05, 3.63) is 45.7 Å². The Kier molecular flexibility index (Phi) is 5.99. The number of nitrogen functional groups attached to an aromatic ring is 1. The van der Waals surface area contributed by atoms with Gasteiger partial charge in [0.05, 0.1) is 23.7 Å². The van der Waals surface area contributed by atoms with Crippen LogP contribution in [0.25, 0.3) is 0 Å². The average Bonchev–Trinajstić information content (AvgIpc) is 2.88. The van der Waals surface area contributed by atoms with E-state index < -0.39 is 22.9 Å². The predicted molar refractivity (Wildman–Crippen MR) is 94.0 cm³/mol. The van der Waals surface area contributed by atoms with Gasteiger partial charge in [-0.05, 0) is 25.5 Å². The first-order chi connectivity index (χ1) is 12.5. The van der Waals surface area contributed by atoms with Crippen LogP contribution in [0.5, 0.6) is 0 Å². The lowest BCUT2D eigenvalue weighted by Gasteiger charge is -2.07. The normalized spacial score (nSPS) is 12.3. The number of rotatable bonds is 5. The van der Waals surface area contributed by atoms with Crippen LogP contribution in [0.2, 0.25) is 5.02 Å². The smallest absolute Gasteiger partial charge is 0.398 e. The molecule has 1 heterocycles. The molecule has 0 aliphatic heterocycles. The van der Waals surface area contributed by atoms with Crippen molar-refractivity contribution >= 4 is 29.1 Å². The number of benzene rings is 1. The molecule has 0 radical (unpaired) electrons. The number of oxime groups is 1. The van der Waals surface area contributed by atoms with Crippen LogP contribution in [-0.2, 0) is 22.4 Å². The van der Waals surface area contributed by atoms with Crippen molar-refractivity contribution in [1.82, 2.24) is 9.78 Å². The monoisotopic (exact) mass is 403 g/mol. The maximum atomic E-state index is 12.8. The SMILES string of the molecule is Cc1c(N)cccc1/C(N)=N/OC(=O)CCn1nc(C(F)(F)F)c(Cl)c1C. The zero-order valence-corrected chi connectivity index (χ0v) is 15.2. The van der Waals surface area contributed by atoms with Gasteiger partial charge in [0.25, 0.3) is 0 Å². The van der Waals surface area contributed by atoms with Crippen molar-refractivity contribution in [3.63, 3.8) is 0 Å². The number of carbonyl (C=O) groups is 1. The highest BCUT2D eigenvalue weighted by Crippen LogP contribution is 2.35. The van der Waals surface area contributed by atoms with Gasteiger partial charge < -0.3 is 16.3 Å². The number of nitrogens with zero attached hydrogens (tertiary/aromatic N) is 3. The molecule has 4 N–H and O–H groups in total. The minimum absolute atomic E-state index is 0.0502. The molecule has 1 aromatic carbocycles. The Bertz CT molecular complexity index is 893. The molecule has 146 valence electrons. The summed E-state index contributed by atoms with van der Waals surface area (Å²) in [5, 5.41) is 6.44. The number of amidine groups is 1. The molecule has 2 aromatic rings. The molecule has 0 atom stereocenters. The largest absolute Gasteiger partial charge is 0.436 e. The topological polar surface area (TPSA) is 109 Å². The Morgan fingerprint density at radius 1 is 1.37 bits per heavy atom. The number of hydrogen-bond acceptors (Lipinski definition) is 5. The van der Waals surface area contributed by atoms with Crippen LogP contribution in [-0.4, -0.2) is 21.6 Å². The van der Waals surface area contributed by atoms with Crippen LogP contribution >= 0.6 is 11.6 Å². The molecule has 7 nitrogen and oxygen atoms in total. The maximum Gasteiger partial charge on any atom is 0.436 e. The summed E-state index contributed by atoms with van der Waals surface area (Å²) in [7, 11) is 0. The summed E-state index contributed by atoms with van der Waals surface area (Å²) in [6.45, 7) is 2.94. The van der Waals surface area contributed by atoms with E-state index in [1.165, 1.54) is 6.92 Å². The quantitative estimate of drug-likeness (QED) is 0.262. The summed E-state index contributed by atoms with van der Waals surface area (Å²) in [5.74, 6) is -0.843. The van der Waals surface area contributed by atoms with E-state index in [2.05, 4.69) is 10.3 Å². The van der Waals surface area contributed by atoms with Gasteiger partial charge in [-0.25, -0.2) is 4.79 Å². The van der Waals surface area contributed by atoms with Crippen LogP contribution in [0.15, 0.2) is 23.4 Å². The molecule has 0 saturated carbocycles. The predicted octanol–water partition coefficient (Wildman–Crippen LogP) is 3.01. The molecule has 0 aliphatic carbocycles. The minimum Gasteiger partial charge on any atom is -0.398 e. The number of aryl methyl sites for hydroxylation is 1. The molecule has 0 spiro atoms. The minimum atomic E-state index is -4.68. The third kappa shape index (κ3) is 4.70. The number of carbonyl (C=O) groups excluding carboxylic acids is 1. The molecule has 0 fully saturated rings. The summed E-state index contributed by atoms with van der Waals surface area (Å²) in [5.41, 5.74) is 12.1. The first-order valence-electron chi connectivity index (χ1n) is 7.71. The molecule has 0 bridgehead atoms. The molecule has 0 amide bonds. The molecule has 11 heteroatoms. The molecule has 2 rings (SSSR count). The number of aromatic nitrogens is 2. The Labute approximate surface area is 157 Å². The van der Waals surface area contributed by atoms with Crippen LogP contribution in [0.1, 0.15) is 28.9 Å². The fourth-order valence-corrected chi connectivity index (χ4v) is 2.49. The van der Waals surface area contributed by atoms with Crippen molar-refractivity contribution in [2.24, 2.45) is 10.9 Å². The van der Waals surface area contributed by atoms with E-state index in [9.17, 15) is 18.0 Å². The summed E-state index contributed by atoms with van der Waals surface area (Å²) in [4.78, 5) is 16.5. The number of hydrogen-bond donors (Lipinski definition) is 2. The second-order valence-corrected chi connectivity index (χ2v) is 6.06. The first-order valence-corrected chi connectivity index (χ1v) is 8.09. The van der Waals surface area contributed by atoms with Gasteiger partial charge in [-0.3, -0.25) is 4.68 Å². The fraction of sp³-hybridized carbons (Fsp3) is 0.312. The number of halogens is 4. The zero-order valence-electron chi connectivity index (χ0n) is 14.5. The molecule has 0 unspecified atom stereocenters. The van der Waals surface area contributed by atoms with E-state index >= 15 is 0 Å². The van der Waals surface area contributed by atoms with Crippen LogP contribution in [0, 0.1) is 13.8 Å². The van der Waals surface area contributed by atoms with E-state index in [1.54, 1.807) is 25.1 Å². The van der Waals surface area contributed by atoms with Crippen LogP contribution in [0.3, 0.4) is 0 Å². The molecule has 27 heavy (non-hydrogen) atoms. The lowest BCUT2D eigenvalue weighted by atomic mass is 10.1. The van der Waals surface area contributed by atoms with Gasteiger partial charge in [0.15, 0.2) is 11.5 Å². The van der Waals surface area contributed by atoms with Gasteiger partial charge in [-0.15, -0.1) is 0 Å². The van der Waals surface area contributed by atoms with E-state index in [4.69, 9.17) is 27.9 Å². The van der Waals surface area contributed by atoms with E-state index in [-0.39, 0.29) is 24.5 Å². The van der Waals surface area contributed by atoms with E-state index in [0.29, 0.717) is 16.8 Å². The summed E-state index contributed by atoms with van der Waals surface area (Å²) in [6.07, 6.45) is -4.95. The molecule has 1 aromatic heterocycles. The van der Waals surface area contributed by atoms with Gasteiger partial charge in [0.1, 0.15) is 0 Å². The van der Waals surface area contributed by atoms with E-state index in [0.717, 1.165) is 4.68 Å². The molecule has 0 aliphatic rings. The standard InChI is InChI=1S/C16H17ClF3N5O2/c1-8-10(4-3-5-11(8)21)15(22)24-27-12(26)6-7-25-9(2)13(17)14(23-25)16(18,19)20/h3-5H,6-7,21H2,1-2H3,(H2,22,24). The molecular weight excluding hydrogens is 387 g/mol. The van der Waals surface area contributed by atoms with Gasteiger partial charge in [0.2, 0.25) is 0 Å². The number of nitrogens with two attached hydrogens (primary N) is 2. The second kappa shape index (κ2) is 7.87. The lowest BCUT2D eigenvalue weighted by Crippen LogP contribution is -2.18. The van der Waals surface area contributed by atoms with Crippen LogP contribution < -0.4 is 11.5 Å². The van der Waals surface area contributed by atoms with Gasteiger partial charge in [-0.2, -0.15) is 18.3 Å². The molecule has 0 saturated heterocycles. The lowest BCUT2D eigenvalue weighted by molar-refractivity contribution is -0.144. The number of alkyl halides is 3. The average molecular weight is 404 g/mol. The Hall–Kier alpha value is -2.75. The highest BCUT2D eigenvalue weighted by Gasteiger charge is 2.38. The van der Waals surface area contributed by atoms with Crippen LogP contribution in [0.4, 0.5) is 18.9 Å². The van der Waals surface area contributed by atoms with E-state index in [1.807, 2.05) is 0 Å². The van der Waals surface area contributed by atoms with Crippen molar-refractivity contribution in [1.29, 1.82) is 0 Å². The zero-order chi connectivity index (χ0) is 20.4. The third-order valence-electron chi connectivity index (χ3n) is 3.83. The van der Waals surface area contributed by atoms with Gasteiger partial charge in [-0.1, -0.05) is 28.9 Å². The highest BCUT2D eigenvalue weighted by molar-refractivity contribution is 6.31. The first kappa shape index (κ1) is 20.6. The fourth-order valence-electron chi connectivity index (χ4n) is 2.25. The number of anilines is 1. The maximum absolute atomic E-state index is 12.8. The molecular formula is C16H17ClF3N5O2. The summed E-state index contributed by atoms with van der Waals surface area (Å²) >= 11 is 5.64. The van der Waals surface area contributed by atoms with Crippen molar-refractivity contribution in [3.8, 4) is 0 Å². The highest BCUT2D eigenvalue weighted by atomic mass is 35.5. The Morgan fingerprint density at radius 2 is 2.04 bits per heavy atom. The Balaban J connectivity index is 2.02. The van der Waals surface area contributed by atoms with Gasteiger partial charge in [0, 0.05) is 11.3 Å². The third-order valence-corrected chi connectivity index (χ3v) is 4.28. The van der Waals surface area contributed by atoms with Crippen molar-refractivity contribution in [2.75, 3.05) is 5.73 Å². The second-order valence-electron chi connectivity index (χ2n) is 5.68. The Morgan fingerprint density at radius 3 is 2.63 bits per heavy atom. The van der Waals surface area contributed by atoms with Crippen molar-refractivity contribution < 1.29 is 22.8 Å². The van der Waals surface area contributed by atoms with Gasteiger partial charge >= 0.3 is 12.1 Å². The summed E-state index contributed by atoms with van der Waals surface area (Å²) < 4.78 is 39.3.